The quantitative estimate of drug-likeness (QED) is 0.599. The number of halogens is 4. The van der Waals surface area contributed by atoms with Crippen LogP contribution in [0.1, 0.15) is 30.5 Å². The topological polar surface area (TPSA) is 12.0 Å². The Labute approximate surface area is 146 Å². The minimum Gasteiger partial charge on any atom is -0.306 e. The zero-order chi connectivity index (χ0) is 15.4. The van der Waals surface area contributed by atoms with E-state index >= 15 is 0 Å². The molecule has 0 saturated carbocycles. The summed E-state index contributed by atoms with van der Waals surface area (Å²) in [5.41, 5.74) is 2.05. The van der Waals surface area contributed by atoms with Gasteiger partial charge in [0, 0.05) is 4.47 Å². The predicted molar refractivity (Wildman–Crippen MR) is 93.4 cm³/mol. The lowest BCUT2D eigenvalue weighted by Crippen LogP contribution is -2.23. The molecule has 0 heterocycles. The summed E-state index contributed by atoms with van der Waals surface area (Å²) >= 11 is 12.8. The fourth-order valence-electron chi connectivity index (χ4n) is 2.10. The van der Waals surface area contributed by atoms with E-state index in [4.69, 9.17) is 11.6 Å². The Morgan fingerprint density at radius 2 is 1.76 bits per heavy atom. The van der Waals surface area contributed by atoms with Crippen molar-refractivity contribution in [3.8, 4) is 0 Å². The van der Waals surface area contributed by atoms with Crippen LogP contribution in [0.15, 0.2) is 45.3 Å². The first-order valence-electron chi connectivity index (χ1n) is 6.66. The van der Waals surface area contributed by atoms with Crippen LogP contribution in [0.25, 0.3) is 0 Å². The van der Waals surface area contributed by atoms with Crippen molar-refractivity contribution in [1.29, 1.82) is 0 Å². The molecule has 2 rings (SSSR count). The minimum atomic E-state index is -0.262. The van der Waals surface area contributed by atoms with Crippen molar-refractivity contribution in [3.63, 3.8) is 0 Å². The smallest absolute Gasteiger partial charge is 0.137 e. The zero-order valence-electron chi connectivity index (χ0n) is 11.5. The summed E-state index contributed by atoms with van der Waals surface area (Å²) in [6, 6.07) is 10.9. The minimum absolute atomic E-state index is 0.0209. The third kappa shape index (κ3) is 4.28. The van der Waals surface area contributed by atoms with Crippen LogP contribution in [-0.4, -0.2) is 6.54 Å². The van der Waals surface area contributed by atoms with Gasteiger partial charge in [0.25, 0.3) is 0 Å². The highest BCUT2D eigenvalue weighted by molar-refractivity contribution is 9.10. The molecular formula is C16H15Br2ClFN. The normalized spacial score (nSPS) is 12.4. The highest BCUT2D eigenvalue weighted by Crippen LogP contribution is 2.30. The molecule has 0 amide bonds. The summed E-state index contributed by atoms with van der Waals surface area (Å²) in [5, 5.41) is 4.14. The molecule has 0 saturated heterocycles. The third-order valence-corrected chi connectivity index (χ3v) is 4.99. The lowest BCUT2D eigenvalue weighted by molar-refractivity contribution is 0.591. The van der Waals surface area contributed by atoms with Crippen LogP contribution in [0, 0.1) is 5.82 Å². The maximum atomic E-state index is 13.4. The monoisotopic (exact) mass is 433 g/mol. The molecule has 0 aliphatic rings. The second-order valence-corrected chi connectivity index (χ2v) is 6.85. The summed E-state index contributed by atoms with van der Waals surface area (Å²) in [5.74, 6) is -0.262. The Balaban J connectivity index is 2.41. The van der Waals surface area contributed by atoms with Crippen LogP contribution in [0.4, 0.5) is 4.39 Å². The molecule has 0 fully saturated rings. The van der Waals surface area contributed by atoms with Crippen molar-refractivity contribution in [2.75, 3.05) is 6.54 Å². The van der Waals surface area contributed by atoms with Crippen LogP contribution < -0.4 is 5.32 Å². The summed E-state index contributed by atoms with van der Waals surface area (Å²) in [6.07, 6.45) is 1.02. The molecule has 0 aliphatic carbocycles. The fraction of sp³-hybridized carbons (Fsp3) is 0.250. The second kappa shape index (κ2) is 7.73. The summed E-state index contributed by atoms with van der Waals surface area (Å²) in [4.78, 5) is 0. The zero-order valence-corrected chi connectivity index (χ0v) is 15.4. The molecule has 1 nitrogen and oxygen atoms in total. The maximum absolute atomic E-state index is 13.4. The molecule has 1 N–H and O–H groups in total. The first-order valence-corrected chi connectivity index (χ1v) is 8.62. The van der Waals surface area contributed by atoms with Gasteiger partial charge >= 0.3 is 0 Å². The van der Waals surface area contributed by atoms with E-state index in [2.05, 4.69) is 44.1 Å². The van der Waals surface area contributed by atoms with Crippen molar-refractivity contribution >= 4 is 43.5 Å². The van der Waals surface area contributed by atoms with E-state index in [0.29, 0.717) is 9.50 Å². The van der Waals surface area contributed by atoms with Crippen molar-refractivity contribution in [2.45, 2.75) is 19.4 Å². The second-order valence-electron chi connectivity index (χ2n) is 4.73. The Morgan fingerprint density at radius 1 is 1.10 bits per heavy atom. The molecular weight excluding hydrogens is 420 g/mol. The van der Waals surface area contributed by atoms with Crippen LogP contribution in [0.2, 0.25) is 5.02 Å². The van der Waals surface area contributed by atoms with Crippen LogP contribution in [0.5, 0.6) is 0 Å². The molecule has 2 aromatic rings. The van der Waals surface area contributed by atoms with Gasteiger partial charge in [-0.2, -0.15) is 0 Å². The van der Waals surface area contributed by atoms with Gasteiger partial charge in [-0.25, -0.2) is 4.39 Å². The van der Waals surface area contributed by atoms with E-state index in [-0.39, 0.29) is 11.9 Å². The summed E-state index contributed by atoms with van der Waals surface area (Å²) < 4.78 is 14.8. The summed E-state index contributed by atoms with van der Waals surface area (Å²) in [6.45, 7) is 2.98. The number of hydrogen-bond acceptors (Lipinski definition) is 1. The van der Waals surface area contributed by atoms with Gasteiger partial charge in [-0.3, -0.25) is 0 Å². The van der Waals surface area contributed by atoms with Gasteiger partial charge < -0.3 is 5.32 Å². The van der Waals surface area contributed by atoms with Gasteiger partial charge in [0.2, 0.25) is 0 Å². The first kappa shape index (κ1) is 16.9. The van der Waals surface area contributed by atoms with Crippen molar-refractivity contribution in [2.24, 2.45) is 0 Å². The molecule has 1 atom stereocenters. The van der Waals surface area contributed by atoms with Gasteiger partial charge in [0.05, 0.1) is 15.5 Å². The molecule has 0 spiro atoms. The number of hydrogen-bond donors (Lipinski definition) is 1. The predicted octanol–water partition coefficient (Wildman–Crippen LogP) is 6.09. The third-order valence-electron chi connectivity index (χ3n) is 3.15. The first-order chi connectivity index (χ1) is 10.0. The van der Waals surface area contributed by atoms with E-state index in [1.54, 1.807) is 12.1 Å². The molecule has 0 aromatic heterocycles. The van der Waals surface area contributed by atoms with Crippen molar-refractivity contribution < 1.29 is 4.39 Å². The highest BCUT2D eigenvalue weighted by atomic mass is 79.9. The van der Waals surface area contributed by atoms with Gasteiger partial charge in [0.15, 0.2) is 0 Å². The van der Waals surface area contributed by atoms with E-state index < -0.39 is 0 Å². The molecule has 1 unspecified atom stereocenters. The molecule has 112 valence electrons. The number of benzene rings is 2. The molecule has 2 aromatic carbocycles. The number of rotatable bonds is 5. The van der Waals surface area contributed by atoms with Crippen LogP contribution >= 0.6 is 43.5 Å². The van der Waals surface area contributed by atoms with Crippen molar-refractivity contribution in [1.82, 2.24) is 5.32 Å². The Morgan fingerprint density at radius 3 is 2.38 bits per heavy atom. The average Bonchev–Trinajstić information content (AvgIpc) is 2.46. The molecule has 0 bridgehead atoms. The largest absolute Gasteiger partial charge is 0.306 e. The molecule has 5 heteroatoms. The maximum Gasteiger partial charge on any atom is 0.137 e. The lowest BCUT2D eigenvalue weighted by Gasteiger charge is -2.20. The fourth-order valence-corrected chi connectivity index (χ4v) is 2.93. The average molecular weight is 436 g/mol. The van der Waals surface area contributed by atoms with Gasteiger partial charge in [-0.05, 0) is 80.2 Å². The van der Waals surface area contributed by atoms with E-state index in [9.17, 15) is 4.39 Å². The summed E-state index contributed by atoms with van der Waals surface area (Å²) in [7, 11) is 0. The highest BCUT2D eigenvalue weighted by Gasteiger charge is 2.16. The Hall–Kier alpha value is -0.420. The molecule has 21 heavy (non-hydrogen) atoms. The lowest BCUT2D eigenvalue weighted by atomic mass is 9.98. The number of nitrogens with one attached hydrogen (secondary N) is 1. The van der Waals surface area contributed by atoms with Crippen LogP contribution in [0.3, 0.4) is 0 Å². The van der Waals surface area contributed by atoms with Crippen LogP contribution in [-0.2, 0) is 0 Å². The van der Waals surface area contributed by atoms with E-state index in [0.717, 1.165) is 28.6 Å². The molecule has 0 radical (unpaired) electrons. The van der Waals surface area contributed by atoms with Gasteiger partial charge in [-0.1, -0.05) is 30.7 Å². The van der Waals surface area contributed by atoms with Gasteiger partial charge in [0.1, 0.15) is 5.82 Å². The SMILES string of the molecule is CCCNC(c1ccc(Br)c(Cl)c1)c1ccc(F)c(Br)c1. The van der Waals surface area contributed by atoms with Gasteiger partial charge in [-0.15, -0.1) is 0 Å². The standard InChI is InChI=1S/C16H15Br2ClFN/c1-2-7-21-16(10-4-6-15(20)13(18)8-10)11-3-5-12(17)14(19)9-11/h3-6,8-9,16,21H,2,7H2,1H3. The Bertz CT molecular complexity index is 582. The van der Waals surface area contributed by atoms with E-state index in [1.807, 2.05) is 18.2 Å². The Kier molecular flexibility index (Phi) is 6.23. The van der Waals surface area contributed by atoms with E-state index in [1.165, 1.54) is 6.07 Å². The van der Waals surface area contributed by atoms with Crippen molar-refractivity contribution in [3.05, 3.63) is 67.3 Å². The molecule has 0 aliphatic heterocycles.